The van der Waals surface area contributed by atoms with Gasteiger partial charge in [-0.3, -0.25) is 4.72 Å². The zero-order valence-electron chi connectivity index (χ0n) is 17.8. The Hall–Kier alpha value is -1.65. The predicted molar refractivity (Wildman–Crippen MR) is 117 cm³/mol. The summed E-state index contributed by atoms with van der Waals surface area (Å²) in [4.78, 5) is -0.331. The van der Waals surface area contributed by atoms with Gasteiger partial charge in [-0.2, -0.15) is 13.2 Å². The number of benzene rings is 2. The highest BCUT2D eigenvalue weighted by atomic mass is 32.2. The summed E-state index contributed by atoms with van der Waals surface area (Å²) in [5.74, 6) is -1.70. The van der Waals surface area contributed by atoms with E-state index in [-0.39, 0.29) is 40.5 Å². The Bertz CT molecular complexity index is 1120. The van der Waals surface area contributed by atoms with Crippen LogP contribution >= 0.6 is 11.9 Å². The monoisotopic (exact) mass is 505 g/mol. The molecule has 0 spiro atoms. The third-order valence-electron chi connectivity index (χ3n) is 6.85. The Kier molecular flexibility index (Phi) is 6.56. The summed E-state index contributed by atoms with van der Waals surface area (Å²) in [5.41, 5.74) is -1.23. The maximum atomic E-state index is 15.0. The predicted octanol–water partition coefficient (Wildman–Crippen LogP) is 6.24. The smallest absolute Gasteiger partial charge is 0.261 e. The minimum atomic E-state index is -4.62. The van der Waals surface area contributed by atoms with Gasteiger partial charge in [-0.1, -0.05) is 18.9 Å². The first-order valence-corrected chi connectivity index (χ1v) is 13.1. The molecule has 4 rings (SSSR count). The van der Waals surface area contributed by atoms with Crippen molar-refractivity contribution in [3.05, 3.63) is 65.2 Å². The van der Waals surface area contributed by atoms with Gasteiger partial charge in [-0.15, -0.1) is 0 Å². The van der Waals surface area contributed by atoms with Crippen molar-refractivity contribution in [3.8, 4) is 0 Å². The van der Waals surface area contributed by atoms with Crippen LogP contribution in [0.15, 0.2) is 47.4 Å². The standard InChI is InChI=1S/C23H24F5NO2S2/c1-2-17-11-14-13-22(10-9-21(14)29-32-17,19-12-16(24)5-8-20(19)25)33(30,31)18-6-3-15(4-7-18)23(26,27)28/h3-8,12,14,17,21,29H,2,9-11,13H2,1H3/t14-,17+,21+,22-/m1/s1. The van der Waals surface area contributed by atoms with Crippen LogP contribution in [0.25, 0.3) is 0 Å². The quantitative estimate of drug-likeness (QED) is 0.395. The molecule has 2 aromatic rings. The number of halogens is 5. The van der Waals surface area contributed by atoms with Crippen molar-refractivity contribution in [2.45, 2.75) is 66.1 Å². The highest BCUT2D eigenvalue weighted by Crippen LogP contribution is 2.52. The van der Waals surface area contributed by atoms with Gasteiger partial charge in [0.25, 0.3) is 0 Å². The Balaban J connectivity index is 1.84. The van der Waals surface area contributed by atoms with Crippen molar-refractivity contribution >= 4 is 21.8 Å². The van der Waals surface area contributed by atoms with Crippen LogP contribution in [-0.2, 0) is 20.8 Å². The van der Waals surface area contributed by atoms with E-state index in [1.54, 1.807) is 11.9 Å². The third kappa shape index (κ3) is 4.41. The lowest BCUT2D eigenvalue weighted by molar-refractivity contribution is -0.137. The molecule has 3 nitrogen and oxygen atoms in total. The lowest BCUT2D eigenvalue weighted by Crippen LogP contribution is -2.51. The summed E-state index contributed by atoms with van der Waals surface area (Å²) in [6.07, 6.45) is -2.52. The van der Waals surface area contributed by atoms with Crippen LogP contribution in [0.5, 0.6) is 0 Å². The first-order valence-electron chi connectivity index (χ1n) is 10.8. The molecule has 0 radical (unpaired) electrons. The molecule has 33 heavy (non-hydrogen) atoms. The van der Waals surface area contributed by atoms with Crippen LogP contribution in [0.3, 0.4) is 0 Å². The molecule has 1 aliphatic heterocycles. The first kappa shape index (κ1) is 24.5. The molecule has 0 aromatic heterocycles. The molecule has 1 saturated heterocycles. The van der Waals surface area contributed by atoms with E-state index < -0.39 is 38.0 Å². The zero-order chi connectivity index (χ0) is 24.0. The lowest BCUT2D eigenvalue weighted by Gasteiger charge is -2.47. The second-order valence-corrected chi connectivity index (χ2v) is 12.2. The number of nitrogens with one attached hydrogen (secondary N) is 1. The maximum Gasteiger partial charge on any atom is 0.416 e. The topological polar surface area (TPSA) is 46.2 Å². The Morgan fingerprint density at radius 3 is 2.45 bits per heavy atom. The van der Waals surface area contributed by atoms with Crippen LogP contribution in [0.1, 0.15) is 50.2 Å². The van der Waals surface area contributed by atoms with Crippen molar-refractivity contribution in [1.82, 2.24) is 4.72 Å². The van der Waals surface area contributed by atoms with Crippen molar-refractivity contribution < 1.29 is 30.4 Å². The van der Waals surface area contributed by atoms with Crippen molar-refractivity contribution in [1.29, 1.82) is 0 Å². The van der Waals surface area contributed by atoms with Gasteiger partial charge in [0.15, 0.2) is 9.84 Å². The minimum absolute atomic E-state index is 0.0300. The largest absolute Gasteiger partial charge is 0.416 e. The van der Waals surface area contributed by atoms with E-state index in [0.29, 0.717) is 18.6 Å². The second kappa shape index (κ2) is 8.85. The van der Waals surface area contributed by atoms with E-state index in [1.165, 1.54) is 0 Å². The molecule has 0 unspecified atom stereocenters. The third-order valence-corrected chi connectivity index (χ3v) is 10.7. The van der Waals surface area contributed by atoms with Gasteiger partial charge in [0, 0.05) is 16.9 Å². The molecule has 1 aliphatic carbocycles. The molecule has 4 atom stereocenters. The fourth-order valence-corrected chi connectivity index (χ4v) is 8.44. The molecule has 1 N–H and O–H groups in total. The molecule has 180 valence electrons. The number of rotatable bonds is 4. The van der Waals surface area contributed by atoms with E-state index in [9.17, 15) is 26.0 Å². The molecular formula is C23H24F5NO2S2. The highest BCUT2D eigenvalue weighted by molar-refractivity contribution is 7.98. The SMILES string of the molecule is CC[C@H]1C[C@@H]2C[C@](c3cc(F)ccc3F)(S(=O)(=O)c3ccc(C(F)(F)F)cc3)CC[C@@H]2NS1. The molecule has 1 saturated carbocycles. The summed E-state index contributed by atoms with van der Waals surface area (Å²) in [6.45, 7) is 2.03. The van der Waals surface area contributed by atoms with Crippen molar-refractivity contribution in [3.63, 3.8) is 0 Å². The van der Waals surface area contributed by atoms with Crippen LogP contribution in [0.2, 0.25) is 0 Å². The Labute approximate surface area is 194 Å². The molecule has 2 fully saturated rings. The van der Waals surface area contributed by atoms with Crippen LogP contribution in [0, 0.1) is 17.6 Å². The average Bonchev–Trinajstić information content (AvgIpc) is 2.79. The van der Waals surface area contributed by atoms with E-state index in [2.05, 4.69) is 4.72 Å². The van der Waals surface area contributed by atoms with Crippen LogP contribution in [0.4, 0.5) is 22.0 Å². The van der Waals surface area contributed by atoms with Gasteiger partial charge < -0.3 is 0 Å². The van der Waals surface area contributed by atoms with Gasteiger partial charge in [0.2, 0.25) is 0 Å². The summed E-state index contributed by atoms with van der Waals surface area (Å²) in [6, 6.07) is 6.02. The maximum absolute atomic E-state index is 15.0. The van der Waals surface area contributed by atoms with Crippen LogP contribution in [-0.4, -0.2) is 19.7 Å². The summed E-state index contributed by atoms with van der Waals surface area (Å²) in [5, 5.41) is 0.258. The first-order chi connectivity index (χ1) is 15.5. The lowest BCUT2D eigenvalue weighted by atomic mass is 9.72. The van der Waals surface area contributed by atoms with Crippen molar-refractivity contribution in [2.24, 2.45) is 5.92 Å². The van der Waals surface area contributed by atoms with Gasteiger partial charge in [0.1, 0.15) is 16.4 Å². The number of alkyl halides is 3. The number of hydrogen-bond donors (Lipinski definition) is 1. The second-order valence-electron chi connectivity index (χ2n) is 8.76. The summed E-state index contributed by atoms with van der Waals surface area (Å²) < 4.78 is 97.8. The molecule has 1 heterocycles. The minimum Gasteiger partial charge on any atom is -0.261 e. The van der Waals surface area contributed by atoms with E-state index >= 15 is 4.39 Å². The number of fused-ring (bicyclic) bond motifs is 1. The molecule has 0 amide bonds. The van der Waals surface area contributed by atoms with Gasteiger partial charge in [0.05, 0.1) is 10.5 Å². The molecule has 2 aliphatic rings. The molecular weight excluding hydrogens is 481 g/mol. The Morgan fingerprint density at radius 2 is 1.82 bits per heavy atom. The zero-order valence-corrected chi connectivity index (χ0v) is 19.5. The molecule has 10 heteroatoms. The van der Waals surface area contributed by atoms with Crippen LogP contribution < -0.4 is 4.72 Å². The summed E-state index contributed by atoms with van der Waals surface area (Å²) >= 11 is 1.62. The number of hydrogen-bond acceptors (Lipinski definition) is 4. The molecule has 2 aromatic carbocycles. The van der Waals surface area contributed by atoms with Crippen molar-refractivity contribution in [2.75, 3.05) is 0 Å². The van der Waals surface area contributed by atoms with E-state index in [1.807, 2.05) is 6.92 Å². The Morgan fingerprint density at radius 1 is 1.12 bits per heavy atom. The fourth-order valence-electron chi connectivity index (χ4n) is 5.04. The van der Waals surface area contributed by atoms with Gasteiger partial charge in [-0.25, -0.2) is 17.2 Å². The van der Waals surface area contributed by atoms with Gasteiger partial charge in [-0.05, 0) is 80.5 Å². The highest BCUT2D eigenvalue weighted by Gasteiger charge is 2.54. The fraction of sp³-hybridized carbons (Fsp3) is 0.478. The van der Waals surface area contributed by atoms with Gasteiger partial charge >= 0.3 is 6.18 Å². The normalized spacial score (nSPS) is 28.4. The average molecular weight is 506 g/mol. The van der Waals surface area contributed by atoms with E-state index in [0.717, 1.165) is 43.2 Å². The molecule has 0 bridgehead atoms. The number of sulfone groups is 1. The summed E-state index contributed by atoms with van der Waals surface area (Å²) in [7, 11) is -4.36. The van der Waals surface area contributed by atoms with E-state index in [4.69, 9.17) is 0 Å².